The summed E-state index contributed by atoms with van der Waals surface area (Å²) in [6.07, 6.45) is 1.37. The Morgan fingerprint density at radius 1 is 1.15 bits per heavy atom. The van der Waals surface area contributed by atoms with Crippen LogP contribution in [0.1, 0.15) is 30.8 Å². The van der Waals surface area contributed by atoms with Crippen molar-refractivity contribution in [2.75, 3.05) is 26.2 Å². The molecule has 1 saturated heterocycles. The first-order valence-electron chi connectivity index (χ1n) is 9.03. The number of ether oxygens (including phenoxy) is 1. The van der Waals surface area contributed by atoms with Gasteiger partial charge in [-0.25, -0.2) is 4.39 Å². The monoisotopic (exact) mass is 360 g/mol. The van der Waals surface area contributed by atoms with Gasteiger partial charge in [-0.15, -0.1) is 0 Å². The van der Waals surface area contributed by atoms with Gasteiger partial charge >= 0.3 is 0 Å². The molecule has 0 saturated carbocycles. The van der Waals surface area contributed by atoms with E-state index in [2.05, 4.69) is 24.1 Å². The molecule has 0 bridgehead atoms. The van der Waals surface area contributed by atoms with Gasteiger partial charge in [0.1, 0.15) is 11.6 Å². The predicted molar refractivity (Wildman–Crippen MR) is 97.5 cm³/mol. The van der Waals surface area contributed by atoms with Crippen molar-refractivity contribution in [3.63, 3.8) is 0 Å². The molecule has 5 nitrogen and oxygen atoms in total. The molecule has 2 heterocycles. The van der Waals surface area contributed by atoms with Crippen molar-refractivity contribution < 1.29 is 18.3 Å². The zero-order valence-corrected chi connectivity index (χ0v) is 15.2. The molecule has 1 fully saturated rings. The normalized spacial score (nSPS) is 20.9. The Bertz CT molecular complexity index is 719. The van der Waals surface area contributed by atoms with Gasteiger partial charge in [0.05, 0.1) is 12.2 Å². The number of halogens is 1. The molecule has 26 heavy (non-hydrogen) atoms. The van der Waals surface area contributed by atoms with Crippen LogP contribution in [0.2, 0.25) is 0 Å². The van der Waals surface area contributed by atoms with E-state index >= 15 is 0 Å². The lowest BCUT2D eigenvalue weighted by Gasteiger charge is -2.35. The van der Waals surface area contributed by atoms with Crippen molar-refractivity contribution in [1.82, 2.24) is 10.2 Å². The Labute approximate surface area is 153 Å². The molecule has 140 valence electrons. The maximum absolute atomic E-state index is 13.0. The van der Waals surface area contributed by atoms with E-state index in [-0.39, 0.29) is 29.7 Å². The number of furan rings is 1. The van der Waals surface area contributed by atoms with E-state index in [1.807, 2.05) is 0 Å². The number of nitrogens with zero attached hydrogens (tertiary/aromatic N) is 1. The summed E-state index contributed by atoms with van der Waals surface area (Å²) < 4.78 is 24.3. The van der Waals surface area contributed by atoms with Gasteiger partial charge in [-0.2, -0.15) is 0 Å². The van der Waals surface area contributed by atoms with Gasteiger partial charge in [-0.05, 0) is 56.7 Å². The second-order valence-electron chi connectivity index (χ2n) is 6.80. The molecule has 1 amide bonds. The molecule has 3 rings (SSSR count). The van der Waals surface area contributed by atoms with E-state index < -0.39 is 0 Å². The van der Waals surface area contributed by atoms with E-state index in [1.54, 1.807) is 24.3 Å². The average Bonchev–Trinajstić information content (AvgIpc) is 3.08. The molecular weight excluding hydrogens is 335 g/mol. The summed E-state index contributed by atoms with van der Waals surface area (Å²) in [7, 11) is 0. The lowest BCUT2D eigenvalue weighted by molar-refractivity contribution is -0.0680. The third-order valence-corrected chi connectivity index (χ3v) is 4.39. The van der Waals surface area contributed by atoms with Gasteiger partial charge in [0.25, 0.3) is 5.91 Å². The summed E-state index contributed by atoms with van der Waals surface area (Å²) in [6, 6.07) is 9.34. The molecule has 2 unspecified atom stereocenters. The van der Waals surface area contributed by atoms with Crippen molar-refractivity contribution in [2.45, 2.75) is 32.5 Å². The lowest BCUT2D eigenvalue weighted by Crippen LogP contribution is -2.46. The van der Waals surface area contributed by atoms with Gasteiger partial charge in [-0.1, -0.05) is 0 Å². The van der Waals surface area contributed by atoms with Crippen LogP contribution >= 0.6 is 0 Å². The summed E-state index contributed by atoms with van der Waals surface area (Å²) in [5, 5.41) is 2.88. The highest BCUT2D eigenvalue weighted by Crippen LogP contribution is 2.22. The van der Waals surface area contributed by atoms with Crippen LogP contribution < -0.4 is 5.32 Å². The maximum atomic E-state index is 13.0. The van der Waals surface area contributed by atoms with Crippen molar-refractivity contribution in [1.29, 1.82) is 0 Å². The van der Waals surface area contributed by atoms with Gasteiger partial charge in [0.15, 0.2) is 5.76 Å². The average molecular weight is 360 g/mol. The first-order valence-corrected chi connectivity index (χ1v) is 9.03. The standard InChI is InChI=1S/C20H25FN2O3/c1-14-12-23(13-15(2)25-14)11-3-10-22-20(24)19-9-8-18(26-19)16-4-6-17(21)7-5-16/h4-9,14-15H,3,10-13H2,1-2H3,(H,22,24). The molecular formula is C20H25FN2O3. The SMILES string of the molecule is CC1CN(CCCNC(=O)c2ccc(-c3ccc(F)cc3)o2)CC(C)O1. The number of rotatable bonds is 6. The van der Waals surface area contributed by atoms with Crippen LogP contribution in [0.15, 0.2) is 40.8 Å². The Hall–Kier alpha value is -2.18. The van der Waals surface area contributed by atoms with Crippen LogP contribution in [0.4, 0.5) is 4.39 Å². The molecule has 0 spiro atoms. The van der Waals surface area contributed by atoms with Crippen LogP contribution in [-0.4, -0.2) is 49.2 Å². The fraction of sp³-hybridized carbons (Fsp3) is 0.450. The molecule has 1 aliphatic heterocycles. The van der Waals surface area contributed by atoms with Crippen molar-refractivity contribution in [2.24, 2.45) is 0 Å². The summed E-state index contributed by atoms with van der Waals surface area (Å²) in [4.78, 5) is 14.6. The molecule has 0 radical (unpaired) electrons. The summed E-state index contributed by atoms with van der Waals surface area (Å²) in [5.74, 6) is 0.272. The lowest BCUT2D eigenvalue weighted by atomic mass is 10.2. The van der Waals surface area contributed by atoms with E-state index in [4.69, 9.17) is 9.15 Å². The smallest absolute Gasteiger partial charge is 0.287 e. The summed E-state index contributed by atoms with van der Waals surface area (Å²) in [5.41, 5.74) is 0.737. The summed E-state index contributed by atoms with van der Waals surface area (Å²) in [6.45, 7) is 7.54. The third kappa shape index (κ3) is 4.93. The number of nitrogens with one attached hydrogen (secondary N) is 1. The molecule has 2 aromatic rings. The number of hydrogen-bond acceptors (Lipinski definition) is 4. The zero-order chi connectivity index (χ0) is 18.5. The number of carbonyl (C=O) groups is 1. The van der Waals surface area contributed by atoms with Crippen molar-refractivity contribution in [3.05, 3.63) is 48.0 Å². The third-order valence-electron chi connectivity index (χ3n) is 4.39. The van der Waals surface area contributed by atoms with E-state index in [0.717, 1.165) is 31.6 Å². The first-order chi connectivity index (χ1) is 12.5. The largest absolute Gasteiger partial charge is 0.451 e. The highest BCUT2D eigenvalue weighted by Gasteiger charge is 2.21. The van der Waals surface area contributed by atoms with Crippen LogP contribution in [-0.2, 0) is 4.74 Å². The second-order valence-corrected chi connectivity index (χ2v) is 6.80. The van der Waals surface area contributed by atoms with Crippen molar-refractivity contribution >= 4 is 5.91 Å². The van der Waals surface area contributed by atoms with Gasteiger partial charge in [0.2, 0.25) is 0 Å². The highest BCUT2D eigenvalue weighted by atomic mass is 19.1. The Morgan fingerprint density at radius 3 is 2.54 bits per heavy atom. The molecule has 1 N–H and O–H groups in total. The predicted octanol–water partition coefficient (Wildman–Crippen LogP) is 3.31. The zero-order valence-electron chi connectivity index (χ0n) is 15.2. The van der Waals surface area contributed by atoms with Gasteiger partial charge in [0, 0.05) is 31.7 Å². The van der Waals surface area contributed by atoms with Gasteiger partial charge < -0.3 is 14.5 Å². The second kappa shape index (κ2) is 8.47. The molecule has 6 heteroatoms. The first kappa shape index (κ1) is 18.6. The van der Waals surface area contributed by atoms with E-state index in [9.17, 15) is 9.18 Å². The minimum atomic E-state index is -0.303. The Kier molecular flexibility index (Phi) is 6.06. The molecule has 2 atom stereocenters. The van der Waals surface area contributed by atoms with E-state index in [1.165, 1.54) is 12.1 Å². The topological polar surface area (TPSA) is 54.7 Å². The van der Waals surface area contributed by atoms with Crippen LogP contribution in [0.25, 0.3) is 11.3 Å². The van der Waals surface area contributed by atoms with Crippen LogP contribution in [0.5, 0.6) is 0 Å². The minimum absolute atomic E-state index is 0.234. The van der Waals surface area contributed by atoms with Crippen molar-refractivity contribution in [3.8, 4) is 11.3 Å². The minimum Gasteiger partial charge on any atom is -0.451 e. The quantitative estimate of drug-likeness (QED) is 0.803. The number of hydrogen-bond donors (Lipinski definition) is 1. The van der Waals surface area contributed by atoms with Gasteiger partial charge in [-0.3, -0.25) is 9.69 Å². The summed E-state index contributed by atoms with van der Waals surface area (Å²) >= 11 is 0. The maximum Gasteiger partial charge on any atom is 0.287 e. The Balaban J connectivity index is 1.44. The fourth-order valence-corrected chi connectivity index (χ4v) is 3.29. The molecule has 1 aliphatic rings. The molecule has 1 aromatic carbocycles. The van der Waals surface area contributed by atoms with Crippen LogP contribution in [0, 0.1) is 5.82 Å². The number of morpholine rings is 1. The molecule has 1 aromatic heterocycles. The van der Waals surface area contributed by atoms with Crippen LogP contribution in [0.3, 0.4) is 0 Å². The number of carbonyl (C=O) groups excluding carboxylic acids is 1. The number of amides is 1. The van der Waals surface area contributed by atoms with E-state index in [0.29, 0.717) is 12.3 Å². The highest BCUT2D eigenvalue weighted by molar-refractivity contribution is 5.92. The fourth-order valence-electron chi connectivity index (χ4n) is 3.29. The number of benzene rings is 1. The molecule has 0 aliphatic carbocycles. The Morgan fingerprint density at radius 2 is 1.85 bits per heavy atom.